The lowest BCUT2D eigenvalue weighted by Crippen LogP contribution is -2.03. The summed E-state index contributed by atoms with van der Waals surface area (Å²) in [6.07, 6.45) is 0.817. The first-order chi connectivity index (χ1) is 7.19. The average Bonchev–Trinajstić information content (AvgIpc) is 2.25. The van der Waals surface area contributed by atoms with Crippen LogP contribution in [-0.2, 0) is 0 Å². The number of aliphatic hydroxyl groups is 1. The third kappa shape index (κ3) is 3.32. The van der Waals surface area contributed by atoms with Gasteiger partial charge in [-0.2, -0.15) is 0 Å². The normalized spacial score (nSPS) is 10.1. The van der Waals surface area contributed by atoms with E-state index in [1.807, 2.05) is 6.07 Å². The first-order valence-corrected chi connectivity index (χ1v) is 5.46. The maximum Gasteiger partial charge on any atom is 0.166 e. The first kappa shape index (κ1) is 12.2. The Balaban J connectivity index is 2.90. The van der Waals surface area contributed by atoms with E-state index >= 15 is 0 Å². The second-order valence-corrected chi connectivity index (χ2v) is 4.01. The van der Waals surface area contributed by atoms with E-state index in [9.17, 15) is 4.79 Å². The highest BCUT2D eigenvalue weighted by Gasteiger charge is 2.11. The number of ether oxygens (including phenoxy) is 1. The van der Waals surface area contributed by atoms with Gasteiger partial charge in [-0.05, 0) is 24.6 Å². The molecular formula is C11H13BrO3. The van der Waals surface area contributed by atoms with Gasteiger partial charge >= 0.3 is 0 Å². The van der Waals surface area contributed by atoms with Crippen LogP contribution in [0.4, 0.5) is 0 Å². The number of aliphatic hydroxyl groups excluding tert-OH is 1. The van der Waals surface area contributed by atoms with E-state index in [1.165, 1.54) is 7.11 Å². The number of methoxy groups -OCH3 is 1. The van der Waals surface area contributed by atoms with Gasteiger partial charge in [0.2, 0.25) is 0 Å². The molecule has 15 heavy (non-hydrogen) atoms. The Labute approximate surface area is 97.2 Å². The molecule has 1 N–H and O–H groups in total. The van der Waals surface area contributed by atoms with E-state index in [0.29, 0.717) is 24.2 Å². The summed E-state index contributed by atoms with van der Waals surface area (Å²) in [7, 11) is 1.53. The molecule has 0 saturated carbocycles. The quantitative estimate of drug-likeness (QED) is 0.838. The monoisotopic (exact) mass is 272 g/mol. The van der Waals surface area contributed by atoms with Crippen molar-refractivity contribution in [1.29, 1.82) is 0 Å². The molecule has 0 fully saturated rings. The van der Waals surface area contributed by atoms with E-state index in [1.54, 1.807) is 12.1 Å². The molecule has 0 spiro atoms. The lowest BCUT2D eigenvalue weighted by molar-refractivity contribution is 0.0968. The van der Waals surface area contributed by atoms with Crippen molar-refractivity contribution in [2.75, 3.05) is 13.7 Å². The molecule has 0 amide bonds. The largest absolute Gasteiger partial charge is 0.496 e. The minimum absolute atomic E-state index is 0.0119. The van der Waals surface area contributed by atoms with Crippen LogP contribution in [0.1, 0.15) is 23.2 Å². The highest BCUT2D eigenvalue weighted by molar-refractivity contribution is 9.10. The van der Waals surface area contributed by atoms with Gasteiger partial charge in [-0.1, -0.05) is 15.9 Å². The number of Topliss-reactive ketones (excluding diaryl/α,β-unsaturated/α-hetero) is 1. The summed E-state index contributed by atoms with van der Waals surface area (Å²) in [6.45, 7) is 0.0298. The molecule has 0 atom stereocenters. The molecule has 0 radical (unpaired) electrons. The first-order valence-electron chi connectivity index (χ1n) is 4.66. The maximum atomic E-state index is 11.7. The summed E-state index contributed by atoms with van der Waals surface area (Å²) in [5.74, 6) is 0.559. The van der Waals surface area contributed by atoms with Gasteiger partial charge in [-0.3, -0.25) is 4.79 Å². The molecule has 1 aromatic rings. The summed E-state index contributed by atoms with van der Waals surface area (Å²) in [5, 5.41) is 8.65. The van der Waals surface area contributed by atoms with E-state index < -0.39 is 0 Å². The minimum atomic E-state index is -0.0119. The molecule has 3 nitrogen and oxygen atoms in total. The predicted octanol–water partition coefficient (Wildman–Crippen LogP) is 2.41. The molecule has 4 heteroatoms. The van der Waals surface area contributed by atoms with E-state index in [4.69, 9.17) is 9.84 Å². The fourth-order valence-electron chi connectivity index (χ4n) is 1.27. The number of carbonyl (C=O) groups excluding carboxylic acids is 1. The third-order valence-electron chi connectivity index (χ3n) is 2.02. The Morgan fingerprint density at radius 1 is 1.53 bits per heavy atom. The Kier molecular flexibility index (Phi) is 4.78. The summed E-state index contributed by atoms with van der Waals surface area (Å²) in [6, 6.07) is 5.30. The second-order valence-electron chi connectivity index (χ2n) is 3.09. The van der Waals surface area contributed by atoms with Gasteiger partial charge in [-0.15, -0.1) is 0 Å². The number of hydrogen-bond donors (Lipinski definition) is 1. The standard InChI is InChI=1S/C11H13BrO3/c1-15-11-5-4-8(12)7-9(11)10(14)3-2-6-13/h4-5,7,13H,2-3,6H2,1H3. The highest BCUT2D eigenvalue weighted by Crippen LogP contribution is 2.24. The van der Waals surface area contributed by atoms with Crippen LogP contribution in [0.5, 0.6) is 5.75 Å². The molecule has 0 aliphatic heterocycles. The van der Waals surface area contributed by atoms with E-state index in [-0.39, 0.29) is 12.4 Å². The molecule has 1 aromatic carbocycles. The van der Waals surface area contributed by atoms with Crippen molar-refractivity contribution < 1.29 is 14.6 Å². The van der Waals surface area contributed by atoms with Gasteiger partial charge in [0, 0.05) is 17.5 Å². The second kappa shape index (κ2) is 5.88. The summed E-state index contributed by atoms with van der Waals surface area (Å²) in [4.78, 5) is 11.7. The number of carbonyl (C=O) groups is 1. The van der Waals surface area contributed by atoms with Crippen LogP contribution in [0.15, 0.2) is 22.7 Å². The summed E-state index contributed by atoms with van der Waals surface area (Å²) in [5.41, 5.74) is 0.556. The minimum Gasteiger partial charge on any atom is -0.496 e. The molecule has 0 aliphatic carbocycles. The van der Waals surface area contributed by atoms with Gasteiger partial charge in [0.25, 0.3) is 0 Å². The number of rotatable bonds is 5. The Hall–Kier alpha value is -0.870. The van der Waals surface area contributed by atoms with Gasteiger partial charge in [0.1, 0.15) is 5.75 Å². The fourth-order valence-corrected chi connectivity index (χ4v) is 1.63. The van der Waals surface area contributed by atoms with Crippen molar-refractivity contribution in [2.45, 2.75) is 12.8 Å². The van der Waals surface area contributed by atoms with Crippen molar-refractivity contribution >= 4 is 21.7 Å². The van der Waals surface area contributed by atoms with Crippen LogP contribution in [0.25, 0.3) is 0 Å². The van der Waals surface area contributed by atoms with E-state index in [2.05, 4.69) is 15.9 Å². The van der Waals surface area contributed by atoms with Crippen LogP contribution in [0.2, 0.25) is 0 Å². The molecular weight excluding hydrogens is 260 g/mol. The van der Waals surface area contributed by atoms with Gasteiger partial charge < -0.3 is 9.84 Å². The van der Waals surface area contributed by atoms with Crippen LogP contribution >= 0.6 is 15.9 Å². The third-order valence-corrected chi connectivity index (χ3v) is 2.52. The van der Waals surface area contributed by atoms with Crippen LogP contribution < -0.4 is 4.74 Å². The zero-order valence-corrected chi connectivity index (χ0v) is 10.1. The highest BCUT2D eigenvalue weighted by atomic mass is 79.9. The molecule has 0 bridgehead atoms. The van der Waals surface area contributed by atoms with Crippen LogP contribution in [0.3, 0.4) is 0 Å². The topological polar surface area (TPSA) is 46.5 Å². The SMILES string of the molecule is COc1ccc(Br)cc1C(=O)CCCO. The average molecular weight is 273 g/mol. The van der Waals surface area contributed by atoms with Crippen LogP contribution in [0, 0.1) is 0 Å². The number of ketones is 1. The zero-order chi connectivity index (χ0) is 11.3. The predicted molar refractivity (Wildman–Crippen MR) is 61.3 cm³/mol. The summed E-state index contributed by atoms with van der Waals surface area (Å²) < 4.78 is 5.94. The molecule has 0 saturated heterocycles. The molecule has 0 aliphatic rings. The van der Waals surface area contributed by atoms with Crippen LogP contribution in [-0.4, -0.2) is 24.6 Å². The van der Waals surface area contributed by atoms with E-state index in [0.717, 1.165) is 4.47 Å². The molecule has 0 aromatic heterocycles. The van der Waals surface area contributed by atoms with Gasteiger partial charge in [0.15, 0.2) is 5.78 Å². The Morgan fingerprint density at radius 2 is 2.27 bits per heavy atom. The van der Waals surface area contributed by atoms with Crippen molar-refractivity contribution in [3.63, 3.8) is 0 Å². The molecule has 0 heterocycles. The molecule has 0 unspecified atom stereocenters. The number of hydrogen-bond acceptors (Lipinski definition) is 3. The zero-order valence-electron chi connectivity index (χ0n) is 8.50. The maximum absolute atomic E-state index is 11.7. The molecule has 1 rings (SSSR count). The fraction of sp³-hybridized carbons (Fsp3) is 0.364. The summed E-state index contributed by atoms with van der Waals surface area (Å²) >= 11 is 3.30. The van der Waals surface area contributed by atoms with Crippen molar-refractivity contribution in [3.8, 4) is 5.75 Å². The van der Waals surface area contributed by atoms with Gasteiger partial charge in [-0.25, -0.2) is 0 Å². The Morgan fingerprint density at radius 3 is 2.87 bits per heavy atom. The number of halogens is 1. The molecule has 82 valence electrons. The lowest BCUT2D eigenvalue weighted by atomic mass is 10.1. The smallest absolute Gasteiger partial charge is 0.166 e. The van der Waals surface area contributed by atoms with Crippen molar-refractivity contribution in [1.82, 2.24) is 0 Å². The van der Waals surface area contributed by atoms with Crippen molar-refractivity contribution in [3.05, 3.63) is 28.2 Å². The number of benzene rings is 1. The van der Waals surface area contributed by atoms with Gasteiger partial charge in [0.05, 0.1) is 12.7 Å². The lowest BCUT2D eigenvalue weighted by Gasteiger charge is -2.07. The Bertz CT molecular complexity index is 350. The van der Waals surface area contributed by atoms with Crippen molar-refractivity contribution in [2.24, 2.45) is 0 Å².